The topological polar surface area (TPSA) is 35.5 Å². The zero-order valence-electron chi connectivity index (χ0n) is 20.7. The van der Waals surface area contributed by atoms with Crippen molar-refractivity contribution in [3.05, 3.63) is 82.6 Å². The maximum atomic E-state index is 13.4. The molecule has 0 spiro atoms. The summed E-state index contributed by atoms with van der Waals surface area (Å²) < 4.78 is 12.1. The molecule has 1 heterocycles. The van der Waals surface area contributed by atoms with Gasteiger partial charge in [0.15, 0.2) is 0 Å². The van der Waals surface area contributed by atoms with Gasteiger partial charge in [-0.2, -0.15) is 0 Å². The Labute approximate surface area is 194 Å². The fraction of sp³-hybridized carbons (Fsp3) is 0.483. The standard InChI is InChI=1S/C27H34O3.C2H6/c1-5-16-27(17-15-21-12-8-7-9-13-21)19-24(29-4)25(26(28)30-27)23(6-2)22-14-10-11-20(3)18-22;1-2/h7-14,18,23H,5-6,15-17,19H2,1-4H3;1-2H3. The summed E-state index contributed by atoms with van der Waals surface area (Å²) in [6, 6.07) is 18.8. The fourth-order valence-electron chi connectivity index (χ4n) is 4.68. The molecule has 2 aromatic carbocycles. The maximum absolute atomic E-state index is 13.4. The first-order chi connectivity index (χ1) is 15.5. The SMILES string of the molecule is CC.CCCC1(CCc2ccccc2)CC(OC)=C(C(CC)c2cccc(C)c2)C(=O)O1. The summed E-state index contributed by atoms with van der Waals surface area (Å²) >= 11 is 0. The van der Waals surface area contributed by atoms with Crippen LogP contribution in [0.3, 0.4) is 0 Å². The number of hydrogen-bond donors (Lipinski definition) is 0. The van der Waals surface area contributed by atoms with Gasteiger partial charge in [-0.1, -0.05) is 94.3 Å². The lowest BCUT2D eigenvalue weighted by Crippen LogP contribution is -2.42. The second-order valence-corrected chi connectivity index (χ2v) is 8.40. The van der Waals surface area contributed by atoms with Crippen LogP contribution in [0, 0.1) is 6.92 Å². The molecule has 2 atom stereocenters. The molecule has 0 saturated carbocycles. The molecule has 0 N–H and O–H groups in total. The van der Waals surface area contributed by atoms with E-state index in [9.17, 15) is 4.79 Å². The van der Waals surface area contributed by atoms with Gasteiger partial charge in [-0.15, -0.1) is 0 Å². The molecule has 3 heteroatoms. The second-order valence-electron chi connectivity index (χ2n) is 8.40. The van der Waals surface area contributed by atoms with Crippen LogP contribution in [0.4, 0.5) is 0 Å². The minimum Gasteiger partial charge on any atom is -0.500 e. The number of benzene rings is 2. The quantitative estimate of drug-likeness (QED) is 0.381. The van der Waals surface area contributed by atoms with E-state index in [0.717, 1.165) is 43.4 Å². The first-order valence-electron chi connectivity index (χ1n) is 12.1. The lowest BCUT2D eigenvalue weighted by Gasteiger charge is -2.39. The van der Waals surface area contributed by atoms with Crippen LogP contribution in [0.15, 0.2) is 65.9 Å². The van der Waals surface area contributed by atoms with Gasteiger partial charge in [0.05, 0.1) is 12.7 Å². The molecule has 0 aliphatic carbocycles. The number of esters is 1. The number of methoxy groups -OCH3 is 1. The molecule has 2 unspecified atom stereocenters. The molecule has 3 nitrogen and oxygen atoms in total. The van der Waals surface area contributed by atoms with Crippen LogP contribution in [-0.4, -0.2) is 18.7 Å². The Morgan fingerprint density at radius 2 is 1.75 bits per heavy atom. The van der Waals surface area contributed by atoms with Gasteiger partial charge in [-0.25, -0.2) is 4.79 Å². The molecule has 32 heavy (non-hydrogen) atoms. The van der Waals surface area contributed by atoms with Crippen LogP contribution >= 0.6 is 0 Å². The van der Waals surface area contributed by atoms with Crippen molar-refractivity contribution >= 4 is 5.97 Å². The van der Waals surface area contributed by atoms with Crippen molar-refractivity contribution in [1.29, 1.82) is 0 Å². The minimum atomic E-state index is -0.499. The molecule has 1 aliphatic heterocycles. The first kappa shape index (κ1) is 25.7. The van der Waals surface area contributed by atoms with E-state index < -0.39 is 5.60 Å². The average Bonchev–Trinajstić information content (AvgIpc) is 2.82. The van der Waals surface area contributed by atoms with Gasteiger partial charge in [0, 0.05) is 12.3 Å². The van der Waals surface area contributed by atoms with Crippen molar-refractivity contribution in [2.24, 2.45) is 0 Å². The van der Waals surface area contributed by atoms with E-state index in [2.05, 4.69) is 69.3 Å². The third kappa shape index (κ3) is 6.25. The normalized spacial score (nSPS) is 19.0. The number of cyclic esters (lactones) is 1. The number of aryl methyl sites for hydroxylation is 2. The highest BCUT2D eigenvalue weighted by atomic mass is 16.6. The highest BCUT2D eigenvalue weighted by Crippen LogP contribution is 2.42. The Hall–Kier alpha value is -2.55. The molecule has 0 amide bonds. The van der Waals surface area contributed by atoms with E-state index in [4.69, 9.17) is 9.47 Å². The molecule has 174 valence electrons. The third-order valence-electron chi connectivity index (χ3n) is 6.18. The van der Waals surface area contributed by atoms with Gasteiger partial charge >= 0.3 is 5.97 Å². The van der Waals surface area contributed by atoms with Crippen LogP contribution in [0.1, 0.15) is 82.4 Å². The summed E-state index contributed by atoms with van der Waals surface area (Å²) in [5.41, 5.74) is 3.80. The van der Waals surface area contributed by atoms with Gasteiger partial charge in [-0.05, 0) is 43.7 Å². The highest BCUT2D eigenvalue weighted by Gasteiger charge is 2.43. The van der Waals surface area contributed by atoms with E-state index in [0.29, 0.717) is 12.0 Å². The Bertz CT molecular complexity index is 884. The van der Waals surface area contributed by atoms with Crippen molar-refractivity contribution in [2.45, 2.75) is 84.7 Å². The molecular weight excluding hydrogens is 396 g/mol. The minimum absolute atomic E-state index is 0.0129. The molecule has 0 aromatic heterocycles. The number of hydrogen-bond acceptors (Lipinski definition) is 3. The van der Waals surface area contributed by atoms with Gasteiger partial charge < -0.3 is 9.47 Å². The largest absolute Gasteiger partial charge is 0.500 e. The third-order valence-corrected chi connectivity index (χ3v) is 6.18. The van der Waals surface area contributed by atoms with Crippen LogP contribution in [-0.2, 0) is 20.7 Å². The summed E-state index contributed by atoms with van der Waals surface area (Å²) in [7, 11) is 1.69. The zero-order valence-corrected chi connectivity index (χ0v) is 20.7. The molecule has 2 aromatic rings. The van der Waals surface area contributed by atoms with Crippen molar-refractivity contribution in [2.75, 3.05) is 7.11 Å². The number of rotatable bonds is 9. The van der Waals surface area contributed by atoms with Gasteiger partial charge in [0.25, 0.3) is 0 Å². The van der Waals surface area contributed by atoms with Crippen molar-refractivity contribution in [1.82, 2.24) is 0 Å². The predicted molar refractivity (Wildman–Crippen MR) is 133 cm³/mol. The van der Waals surface area contributed by atoms with E-state index >= 15 is 0 Å². The van der Waals surface area contributed by atoms with Gasteiger partial charge in [0.2, 0.25) is 0 Å². The molecular formula is C29H40O3. The number of ether oxygens (including phenoxy) is 2. The molecule has 0 bridgehead atoms. The Balaban J connectivity index is 0.00000176. The zero-order chi connectivity index (χ0) is 23.6. The number of carbonyl (C=O) groups is 1. The maximum Gasteiger partial charge on any atom is 0.338 e. The van der Waals surface area contributed by atoms with Crippen molar-refractivity contribution in [3.8, 4) is 0 Å². The Morgan fingerprint density at radius 3 is 2.34 bits per heavy atom. The summed E-state index contributed by atoms with van der Waals surface area (Å²) in [6.45, 7) is 10.3. The van der Waals surface area contributed by atoms with E-state index in [1.807, 2.05) is 19.9 Å². The molecule has 1 aliphatic rings. The van der Waals surface area contributed by atoms with Gasteiger partial charge in [-0.3, -0.25) is 0 Å². The molecule has 3 rings (SSSR count). The van der Waals surface area contributed by atoms with Gasteiger partial charge in [0.1, 0.15) is 11.4 Å². The highest BCUT2D eigenvalue weighted by molar-refractivity contribution is 5.92. The van der Waals surface area contributed by atoms with Crippen LogP contribution in [0.5, 0.6) is 0 Å². The summed E-state index contributed by atoms with van der Waals surface area (Å²) in [6.07, 6.45) is 4.96. The van der Waals surface area contributed by atoms with E-state index in [1.54, 1.807) is 7.11 Å². The molecule has 0 radical (unpaired) electrons. The van der Waals surface area contributed by atoms with Crippen molar-refractivity contribution in [3.63, 3.8) is 0 Å². The van der Waals surface area contributed by atoms with E-state index in [1.165, 1.54) is 11.1 Å². The van der Waals surface area contributed by atoms with E-state index in [-0.39, 0.29) is 11.9 Å². The summed E-state index contributed by atoms with van der Waals surface area (Å²) in [4.78, 5) is 13.4. The fourth-order valence-corrected chi connectivity index (χ4v) is 4.68. The summed E-state index contributed by atoms with van der Waals surface area (Å²) in [5, 5.41) is 0. The van der Waals surface area contributed by atoms with Crippen LogP contribution < -0.4 is 0 Å². The molecule has 0 saturated heterocycles. The summed E-state index contributed by atoms with van der Waals surface area (Å²) in [5.74, 6) is 0.565. The lowest BCUT2D eigenvalue weighted by atomic mass is 9.79. The molecule has 0 fully saturated rings. The van der Waals surface area contributed by atoms with Crippen molar-refractivity contribution < 1.29 is 14.3 Å². The van der Waals surface area contributed by atoms with Crippen LogP contribution in [0.25, 0.3) is 0 Å². The first-order valence-corrected chi connectivity index (χ1v) is 12.1. The monoisotopic (exact) mass is 436 g/mol. The Kier molecular flexibility index (Phi) is 10.0. The number of carbonyl (C=O) groups excluding carboxylic acids is 1. The second kappa shape index (κ2) is 12.5. The van der Waals surface area contributed by atoms with Crippen LogP contribution in [0.2, 0.25) is 0 Å². The smallest absolute Gasteiger partial charge is 0.338 e. The lowest BCUT2D eigenvalue weighted by molar-refractivity contribution is -0.161. The predicted octanol–water partition coefficient (Wildman–Crippen LogP) is 7.53. The Morgan fingerprint density at radius 1 is 1.03 bits per heavy atom. The average molecular weight is 437 g/mol.